The highest BCUT2D eigenvalue weighted by Crippen LogP contribution is 2.22. The van der Waals surface area contributed by atoms with Crippen molar-refractivity contribution in [3.63, 3.8) is 0 Å². The number of ketones is 1. The van der Waals surface area contributed by atoms with Crippen LogP contribution in [0.2, 0.25) is 0 Å². The number of aliphatic hydroxyl groups excluding tert-OH is 1. The van der Waals surface area contributed by atoms with Gasteiger partial charge in [-0.2, -0.15) is 0 Å². The first-order valence-electron chi connectivity index (χ1n) is 7.22. The average molecular weight is 291 g/mol. The van der Waals surface area contributed by atoms with Crippen molar-refractivity contribution in [3.05, 3.63) is 35.9 Å². The van der Waals surface area contributed by atoms with E-state index >= 15 is 0 Å². The number of Topliss-reactive ketones (excluding diaryl/α,β-unsaturated/α-hetero) is 1. The van der Waals surface area contributed by atoms with Crippen LogP contribution in [0.25, 0.3) is 0 Å². The molecule has 21 heavy (non-hydrogen) atoms. The van der Waals surface area contributed by atoms with Gasteiger partial charge in [-0.25, -0.2) is 4.79 Å². The minimum atomic E-state index is -0.660. The van der Waals surface area contributed by atoms with Crippen molar-refractivity contribution >= 4 is 11.9 Å². The van der Waals surface area contributed by atoms with E-state index in [-0.39, 0.29) is 18.8 Å². The predicted molar refractivity (Wildman–Crippen MR) is 77.7 cm³/mol. The Hall–Kier alpha value is -1.88. The summed E-state index contributed by atoms with van der Waals surface area (Å²) in [6.45, 7) is 2.18. The molecule has 1 heterocycles. The lowest BCUT2D eigenvalue weighted by molar-refractivity contribution is -0.119. The first-order valence-corrected chi connectivity index (χ1v) is 7.22. The molecule has 0 bridgehead atoms. The molecule has 5 nitrogen and oxygen atoms in total. The molecule has 0 unspecified atom stereocenters. The Morgan fingerprint density at radius 3 is 2.71 bits per heavy atom. The van der Waals surface area contributed by atoms with Gasteiger partial charge in [0, 0.05) is 13.0 Å². The molecule has 1 amide bonds. The van der Waals surface area contributed by atoms with Gasteiger partial charge in [0.1, 0.15) is 12.4 Å². The van der Waals surface area contributed by atoms with Crippen molar-refractivity contribution < 1.29 is 19.4 Å². The molecule has 2 atom stereocenters. The lowest BCUT2D eigenvalue weighted by Crippen LogP contribution is -2.51. The fourth-order valence-electron chi connectivity index (χ4n) is 2.61. The Bertz CT molecular complexity index is 488. The maximum atomic E-state index is 12.2. The maximum Gasteiger partial charge on any atom is 0.410 e. The number of piperidine rings is 1. The molecule has 1 aromatic rings. The Morgan fingerprint density at radius 2 is 2.05 bits per heavy atom. The van der Waals surface area contributed by atoms with E-state index in [1.54, 1.807) is 0 Å². The highest BCUT2D eigenvalue weighted by molar-refractivity contribution is 5.77. The second-order valence-electron chi connectivity index (χ2n) is 5.42. The van der Waals surface area contributed by atoms with Crippen molar-refractivity contribution in [2.24, 2.45) is 0 Å². The van der Waals surface area contributed by atoms with Crippen LogP contribution in [0.1, 0.15) is 31.7 Å². The standard InChI is InChI=1S/C16H21NO4/c1-12(18)10-14-15(19)8-5-9-17(14)16(20)21-11-13-6-3-2-4-7-13/h2-4,6-7,14-15,19H,5,8-11H2,1H3/t14-,15+/m0/s1. The summed E-state index contributed by atoms with van der Waals surface area (Å²) in [6.07, 6.45) is 0.369. The van der Waals surface area contributed by atoms with Gasteiger partial charge in [0.2, 0.25) is 0 Å². The minimum Gasteiger partial charge on any atom is -0.445 e. The third-order valence-corrected chi connectivity index (χ3v) is 3.68. The maximum absolute atomic E-state index is 12.2. The number of hydrogen-bond acceptors (Lipinski definition) is 4. The van der Waals surface area contributed by atoms with Gasteiger partial charge in [-0.15, -0.1) is 0 Å². The quantitative estimate of drug-likeness (QED) is 0.923. The fraction of sp³-hybridized carbons (Fsp3) is 0.500. The molecule has 1 aliphatic rings. The number of amides is 1. The van der Waals surface area contributed by atoms with E-state index in [1.807, 2.05) is 30.3 Å². The van der Waals surface area contributed by atoms with E-state index in [2.05, 4.69) is 0 Å². The number of rotatable bonds is 4. The van der Waals surface area contributed by atoms with Crippen molar-refractivity contribution in [1.82, 2.24) is 4.90 Å². The molecular formula is C16H21NO4. The van der Waals surface area contributed by atoms with Crippen LogP contribution in [-0.2, 0) is 16.1 Å². The number of carbonyl (C=O) groups is 2. The SMILES string of the molecule is CC(=O)C[C@H]1[C@H](O)CCCN1C(=O)OCc1ccccc1. The van der Waals surface area contributed by atoms with Gasteiger partial charge in [-0.3, -0.25) is 4.79 Å². The third-order valence-electron chi connectivity index (χ3n) is 3.68. The van der Waals surface area contributed by atoms with Gasteiger partial charge in [-0.05, 0) is 25.3 Å². The molecule has 0 aromatic heterocycles. The van der Waals surface area contributed by atoms with Gasteiger partial charge in [0.05, 0.1) is 12.1 Å². The van der Waals surface area contributed by atoms with Gasteiger partial charge < -0.3 is 14.7 Å². The van der Waals surface area contributed by atoms with Crippen LogP contribution in [0.3, 0.4) is 0 Å². The third kappa shape index (κ3) is 4.29. The Labute approximate surface area is 124 Å². The molecule has 0 spiro atoms. The van der Waals surface area contributed by atoms with Crippen LogP contribution in [0.5, 0.6) is 0 Å². The van der Waals surface area contributed by atoms with Crippen LogP contribution >= 0.6 is 0 Å². The van der Waals surface area contributed by atoms with Crippen molar-refractivity contribution in [2.75, 3.05) is 6.54 Å². The van der Waals surface area contributed by atoms with Crippen molar-refractivity contribution in [1.29, 1.82) is 0 Å². The zero-order valence-corrected chi connectivity index (χ0v) is 12.2. The number of likely N-dealkylation sites (tertiary alicyclic amines) is 1. The van der Waals surface area contributed by atoms with E-state index in [9.17, 15) is 14.7 Å². The second kappa shape index (κ2) is 7.22. The smallest absolute Gasteiger partial charge is 0.410 e. The summed E-state index contributed by atoms with van der Waals surface area (Å²) in [5.41, 5.74) is 0.909. The Morgan fingerprint density at radius 1 is 1.33 bits per heavy atom. The number of hydrogen-bond donors (Lipinski definition) is 1. The summed E-state index contributed by atoms with van der Waals surface area (Å²) in [5.74, 6) is -0.0400. The highest BCUT2D eigenvalue weighted by atomic mass is 16.6. The summed E-state index contributed by atoms with van der Waals surface area (Å²) in [5, 5.41) is 10.0. The molecule has 0 aliphatic carbocycles. The normalized spacial score (nSPS) is 21.9. The van der Waals surface area contributed by atoms with Gasteiger partial charge >= 0.3 is 6.09 Å². The van der Waals surface area contributed by atoms with Crippen LogP contribution < -0.4 is 0 Å². The summed E-state index contributed by atoms with van der Waals surface area (Å²) >= 11 is 0. The summed E-state index contributed by atoms with van der Waals surface area (Å²) < 4.78 is 5.29. The molecule has 0 saturated carbocycles. The number of aliphatic hydroxyl groups is 1. The molecular weight excluding hydrogens is 270 g/mol. The number of nitrogens with zero attached hydrogens (tertiary/aromatic N) is 1. The Balaban J connectivity index is 1.96. The summed E-state index contributed by atoms with van der Waals surface area (Å²) in [6, 6.07) is 8.95. The molecule has 114 valence electrons. The number of carbonyl (C=O) groups excluding carboxylic acids is 2. The van der Waals surface area contributed by atoms with E-state index in [0.29, 0.717) is 13.0 Å². The van der Waals surface area contributed by atoms with E-state index in [1.165, 1.54) is 11.8 Å². The highest BCUT2D eigenvalue weighted by Gasteiger charge is 2.34. The number of ether oxygens (including phenoxy) is 1. The predicted octanol–water partition coefficient (Wildman–Crippen LogP) is 2.13. The topological polar surface area (TPSA) is 66.8 Å². The van der Waals surface area contributed by atoms with Crippen LogP contribution in [0, 0.1) is 0 Å². The average Bonchev–Trinajstić information content (AvgIpc) is 2.47. The molecule has 1 aromatic carbocycles. The zero-order valence-electron chi connectivity index (χ0n) is 12.2. The summed E-state index contributed by atoms with van der Waals surface area (Å²) in [7, 11) is 0. The van der Waals surface area contributed by atoms with E-state index in [0.717, 1.165) is 12.0 Å². The Kier molecular flexibility index (Phi) is 5.33. The first kappa shape index (κ1) is 15.5. The largest absolute Gasteiger partial charge is 0.445 e. The van der Waals surface area contributed by atoms with Crippen molar-refractivity contribution in [2.45, 2.75) is 44.9 Å². The van der Waals surface area contributed by atoms with Crippen LogP contribution in [-0.4, -0.2) is 40.6 Å². The van der Waals surface area contributed by atoms with Crippen LogP contribution in [0.15, 0.2) is 30.3 Å². The second-order valence-corrected chi connectivity index (χ2v) is 5.42. The van der Waals surface area contributed by atoms with Gasteiger partial charge in [0.25, 0.3) is 0 Å². The van der Waals surface area contributed by atoms with Crippen LogP contribution in [0.4, 0.5) is 4.79 Å². The monoisotopic (exact) mass is 291 g/mol. The fourth-order valence-corrected chi connectivity index (χ4v) is 2.61. The number of benzene rings is 1. The lowest BCUT2D eigenvalue weighted by Gasteiger charge is -2.37. The van der Waals surface area contributed by atoms with E-state index in [4.69, 9.17) is 4.74 Å². The molecule has 2 rings (SSSR count). The molecule has 1 N–H and O–H groups in total. The lowest BCUT2D eigenvalue weighted by atomic mass is 9.95. The molecule has 0 radical (unpaired) electrons. The molecule has 1 aliphatic heterocycles. The molecule has 1 saturated heterocycles. The molecule has 1 fully saturated rings. The first-order chi connectivity index (χ1) is 10.1. The van der Waals surface area contributed by atoms with E-state index < -0.39 is 18.2 Å². The van der Waals surface area contributed by atoms with Gasteiger partial charge in [0.15, 0.2) is 0 Å². The molecule has 5 heteroatoms. The van der Waals surface area contributed by atoms with Gasteiger partial charge in [-0.1, -0.05) is 30.3 Å². The minimum absolute atomic E-state index is 0.0400. The summed E-state index contributed by atoms with van der Waals surface area (Å²) in [4.78, 5) is 25.0. The van der Waals surface area contributed by atoms with Crippen molar-refractivity contribution in [3.8, 4) is 0 Å². The zero-order chi connectivity index (χ0) is 15.2.